The zero-order valence-corrected chi connectivity index (χ0v) is 37.8. The van der Waals surface area contributed by atoms with Crippen molar-refractivity contribution in [3.05, 3.63) is 254 Å². The van der Waals surface area contributed by atoms with Crippen LogP contribution in [0.2, 0.25) is 0 Å². The molecule has 0 fully saturated rings. The van der Waals surface area contributed by atoms with E-state index in [1.807, 2.05) is 0 Å². The molecule has 0 radical (unpaired) electrons. The average Bonchev–Trinajstić information content (AvgIpc) is 3.74. The van der Waals surface area contributed by atoms with Crippen molar-refractivity contribution >= 4 is 71.1 Å². The molecule has 0 saturated heterocycles. The maximum atomic E-state index is 2.45. The molecule has 2 nitrogen and oxygen atoms in total. The molecule has 0 spiro atoms. The highest BCUT2D eigenvalue weighted by atomic mass is 15.1. The van der Waals surface area contributed by atoms with Gasteiger partial charge in [0.05, 0.1) is 11.0 Å². The Morgan fingerprint density at radius 1 is 0.338 bits per heavy atom. The monoisotopic (exact) mass is 868 g/mol. The van der Waals surface area contributed by atoms with Gasteiger partial charge in [-0.15, -0.1) is 0 Å². The first-order chi connectivity index (χ1) is 33.7. The van der Waals surface area contributed by atoms with Crippen molar-refractivity contribution in [2.75, 3.05) is 4.90 Å². The molecule has 0 atom stereocenters. The second-order valence-corrected chi connectivity index (χ2v) is 18.2. The lowest BCUT2D eigenvalue weighted by atomic mass is 9.85. The summed E-state index contributed by atoms with van der Waals surface area (Å²) in [4.78, 5) is 2.44. The summed E-state index contributed by atoms with van der Waals surface area (Å²) >= 11 is 0. The third-order valence-corrected chi connectivity index (χ3v) is 14.2. The van der Waals surface area contributed by atoms with E-state index in [2.05, 4.69) is 252 Å². The van der Waals surface area contributed by atoms with Crippen molar-refractivity contribution in [1.29, 1.82) is 0 Å². The molecule has 1 aromatic heterocycles. The number of aromatic nitrogens is 1. The number of rotatable bonds is 8. The summed E-state index contributed by atoms with van der Waals surface area (Å²) in [5.41, 5.74) is 17.0. The molecule has 0 bridgehead atoms. The molecular weight excluding hydrogens is 821 g/mol. The number of benzene rings is 10. The number of allylic oxidation sites excluding steroid dienone is 7. The molecule has 13 rings (SSSR count). The van der Waals surface area contributed by atoms with Gasteiger partial charge in [0, 0.05) is 33.5 Å². The molecule has 0 aliphatic heterocycles. The molecule has 68 heavy (non-hydrogen) atoms. The van der Waals surface area contributed by atoms with E-state index >= 15 is 0 Å². The molecular formula is C66H48N2. The molecule has 0 saturated carbocycles. The van der Waals surface area contributed by atoms with E-state index in [9.17, 15) is 0 Å². The lowest BCUT2D eigenvalue weighted by molar-refractivity contribution is 0.997. The standard InChI is InChI=1S/C66H48N2/c1-4-17-45(18-5-1)49-33-39-63-61(43-49)62-44-50(46-19-6-2-7-20-46)34-40-64(62)68(63)55-37-35-54(36-38-55)67(53-24-8-3-9-25-53)56-26-16-23-51(42-56)65-57-27-12-14-29-59(57)66(60-30-15-13-28-58(60)65)52-32-31-47-21-10-11-22-48(47)41-52/h1,4-6,8,10-44H,2-3,7,9H2. The summed E-state index contributed by atoms with van der Waals surface area (Å²) in [6.07, 6.45) is 18.2. The van der Waals surface area contributed by atoms with Gasteiger partial charge in [-0.3, -0.25) is 0 Å². The van der Waals surface area contributed by atoms with Gasteiger partial charge in [-0.25, -0.2) is 0 Å². The van der Waals surface area contributed by atoms with Crippen molar-refractivity contribution in [1.82, 2.24) is 4.57 Å². The molecule has 0 N–H and O–H groups in total. The van der Waals surface area contributed by atoms with E-state index in [1.54, 1.807) is 0 Å². The smallest absolute Gasteiger partial charge is 0.0541 e. The van der Waals surface area contributed by atoms with Gasteiger partial charge < -0.3 is 9.47 Å². The summed E-state index contributed by atoms with van der Waals surface area (Å²) in [6, 6.07) is 76.6. The van der Waals surface area contributed by atoms with Crippen LogP contribution in [-0.4, -0.2) is 4.57 Å². The molecule has 0 amide bonds. The van der Waals surface area contributed by atoms with Crippen molar-refractivity contribution in [3.63, 3.8) is 0 Å². The van der Waals surface area contributed by atoms with E-state index in [-0.39, 0.29) is 0 Å². The zero-order chi connectivity index (χ0) is 45.0. The normalized spacial score (nSPS) is 13.7. The van der Waals surface area contributed by atoms with E-state index in [0.29, 0.717) is 0 Å². The quantitative estimate of drug-likeness (QED) is 0.138. The number of hydrogen-bond donors (Lipinski definition) is 0. The minimum atomic E-state index is 1.01. The Hall–Kier alpha value is -8.46. The Balaban J connectivity index is 0.940. The van der Waals surface area contributed by atoms with Crippen molar-refractivity contribution in [2.45, 2.75) is 25.7 Å². The fraction of sp³-hybridized carbons (Fsp3) is 0.0606. The van der Waals surface area contributed by atoms with Crippen molar-refractivity contribution < 1.29 is 0 Å². The van der Waals surface area contributed by atoms with Crippen LogP contribution in [0.4, 0.5) is 11.4 Å². The van der Waals surface area contributed by atoms with Crippen LogP contribution in [0.3, 0.4) is 0 Å². The summed E-state index contributed by atoms with van der Waals surface area (Å²) in [6.45, 7) is 0. The minimum Gasteiger partial charge on any atom is -0.311 e. The van der Waals surface area contributed by atoms with Crippen LogP contribution in [0.5, 0.6) is 0 Å². The highest BCUT2D eigenvalue weighted by molar-refractivity contribution is 6.22. The molecule has 0 unspecified atom stereocenters. The maximum Gasteiger partial charge on any atom is 0.0541 e. The van der Waals surface area contributed by atoms with Crippen LogP contribution >= 0.6 is 0 Å². The topological polar surface area (TPSA) is 8.17 Å². The molecule has 10 aromatic carbocycles. The second kappa shape index (κ2) is 16.8. The van der Waals surface area contributed by atoms with E-state index in [4.69, 9.17) is 0 Å². The van der Waals surface area contributed by atoms with Gasteiger partial charge in [0.15, 0.2) is 0 Å². The van der Waals surface area contributed by atoms with Gasteiger partial charge in [-0.05, 0) is 175 Å². The van der Waals surface area contributed by atoms with Gasteiger partial charge in [-0.2, -0.15) is 0 Å². The summed E-state index contributed by atoms with van der Waals surface area (Å²) in [5.74, 6) is 0. The summed E-state index contributed by atoms with van der Waals surface area (Å²) < 4.78 is 2.45. The Bertz CT molecular complexity index is 3840. The third kappa shape index (κ3) is 6.88. The third-order valence-electron chi connectivity index (χ3n) is 14.2. The lowest BCUT2D eigenvalue weighted by Gasteiger charge is -2.28. The predicted octanol–water partition coefficient (Wildman–Crippen LogP) is 18.3. The van der Waals surface area contributed by atoms with Gasteiger partial charge >= 0.3 is 0 Å². The SMILES string of the molecule is C1=CC(c2ccc3c(c2)c2cc(-c4ccccc4)ccc2n3-c2ccc(N(C3=CCCC=C3)c3cccc(-c4c5ccccc5c(-c5ccc6ccccc6c5)c5ccccc45)c3)cc2)=CCC1. The van der Waals surface area contributed by atoms with Crippen LogP contribution in [0, 0.1) is 0 Å². The Kier molecular flexibility index (Phi) is 9.83. The van der Waals surface area contributed by atoms with Gasteiger partial charge in [0.25, 0.3) is 0 Å². The fourth-order valence-corrected chi connectivity index (χ4v) is 11.0. The minimum absolute atomic E-state index is 1.01. The first kappa shape index (κ1) is 39.9. The predicted molar refractivity (Wildman–Crippen MR) is 291 cm³/mol. The average molecular weight is 869 g/mol. The molecule has 11 aromatic rings. The molecule has 2 aliphatic carbocycles. The first-order valence-electron chi connectivity index (χ1n) is 24.0. The zero-order valence-electron chi connectivity index (χ0n) is 37.8. The van der Waals surface area contributed by atoms with Crippen LogP contribution in [0.15, 0.2) is 248 Å². The Morgan fingerprint density at radius 2 is 0.912 bits per heavy atom. The number of anilines is 2. The maximum absolute atomic E-state index is 2.45. The summed E-state index contributed by atoms with van der Waals surface area (Å²) in [5, 5.41) is 10.0. The van der Waals surface area contributed by atoms with E-state index < -0.39 is 0 Å². The molecule has 2 aliphatic rings. The van der Waals surface area contributed by atoms with Crippen LogP contribution < -0.4 is 4.90 Å². The van der Waals surface area contributed by atoms with Crippen molar-refractivity contribution in [2.24, 2.45) is 0 Å². The highest BCUT2D eigenvalue weighted by Gasteiger charge is 2.21. The van der Waals surface area contributed by atoms with Crippen LogP contribution in [-0.2, 0) is 0 Å². The van der Waals surface area contributed by atoms with E-state index in [1.165, 1.54) is 104 Å². The number of hydrogen-bond acceptors (Lipinski definition) is 1. The van der Waals surface area contributed by atoms with Gasteiger partial charge in [0.1, 0.15) is 0 Å². The fourth-order valence-electron chi connectivity index (χ4n) is 11.0. The number of fused-ring (bicyclic) bond motifs is 6. The number of nitrogens with zero attached hydrogens (tertiary/aromatic N) is 2. The van der Waals surface area contributed by atoms with Crippen molar-refractivity contribution in [3.8, 4) is 39.1 Å². The molecule has 2 heteroatoms. The van der Waals surface area contributed by atoms with E-state index in [0.717, 1.165) is 42.7 Å². The Morgan fingerprint density at radius 3 is 1.57 bits per heavy atom. The first-order valence-corrected chi connectivity index (χ1v) is 24.0. The lowest BCUT2D eigenvalue weighted by Crippen LogP contribution is -2.16. The second-order valence-electron chi connectivity index (χ2n) is 18.2. The van der Waals surface area contributed by atoms with Crippen LogP contribution in [0.25, 0.3) is 98.8 Å². The molecule has 1 heterocycles. The highest BCUT2D eigenvalue weighted by Crippen LogP contribution is 2.46. The largest absolute Gasteiger partial charge is 0.311 e. The Labute approximate surface area is 397 Å². The summed E-state index contributed by atoms with van der Waals surface area (Å²) in [7, 11) is 0. The molecule has 322 valence electrons. The van der Waals surface area contributed by atoms with Gasteiger partial charge in [0.2, 0.25) is 0 Å². The van der Waals surface area contributed by atoms with Gasteiger partial charge in [-0.1, -0.05) is 170 Å². The van der Waals surface area contributed by atoms with Crippen LogP contribution in [0.1, 0.15) is 31.2 Å².